The number of aromatic nitrogens is 2. The molecule has 0 radical (unpaired) electrons. The van der Waals surface area contributed by atoms with E-state index in [0.29, 0.717) is 30.1 Å². The molecule has 0 bridgehead atoms. The van der Waals surface area contributed by atoms with Gasteiger partial charge in [0.15, 0.2) is 6.29 Å². The molecule has 2 saturated heterocycles. The van der Waals surface area contributed by atoms with Crippen LogP contribution in [0.2, 0.25) is 0 Å². The summed E-state index contributed by atoms with van der Waals surface area (Å²) in [4.78, 5) is 28.6. The average Bonchev–Trinajstić information content (AvgIpc) is 2.91. The smallest absolute Gasteiger partial charge is 0.278 e. The van der Waals surface area contributed by atoms with Crippen LogP contribution in [0.1, 0.15) is 54.9 Å². The number of nitrogens with zero attached hydrogens (tertiary/aromatic N) is 3. The number of hydrogen-bond donors (Lipinski definition) is 2. The first kappa shape index (κ1) is 24.3. The Kier molecular flexibility index (Phi) is 9.01. The molecule has 182 valence electrons. The molecule has 34 heavy (non-hydrogen) atoms. The first-order valence-corrected chi connectivity index (χ1v) is 12.3. The van der Waals surface area contributed by atoms with Gasteiger partial charge < -0.3 is 15.0 Å². The van der Waals surface area contributed by atoms with E-state index < -0.39 is 0 Å². The fraction of sp³-hybridized carbons (Fsp3) is 0.500. The summed E-state index contributed by atoms with van der Waals surface area (Å²) in [5.41, 5.74) is 4.04. The van der Waals surface area contributed by atoms with E-state index in [-0.39, 0.29) is 12.2 Å². The summed E-state index contributed by atoms with van der Waals surface area (Å²) >= 11 is 0. The first-order valence-electron chi connectivity index (χ1n) is 12.3. The van der Waals surface area contributed by atoms with E-state index in [1.807, 2.05) is 6.07 Å². The number of nitrogens with one attached hydrogen (secondary N) is 2. The maximum Gasteiger partial charge on any atom is 0.278 e. The standard InChI is InChI=1S/C26H35N5O3/c1-20(10-11-21-7-3-2-4-8-21)27-17-22-12-14-31(15-13-22)26-28-18-23(19-29-26)25(32)30-34-24-9-5-6-16-33-24/h2-4,7-8,10-11,18-20,22,24,27H,5-6,9,12-17H2,1H3,(H,30,32). The maximum absolute atomic E-state index is 12.3. The van der Waals surface area contributed by atoms with Crippen molar-refractivity contribution >= 4 is 17.9 Å². The van der Waals surface area contributed by atoms with Gasteiger partial charge in [0.1, 0.15) is 0 Å². The molecule has 2 aliphatic heterocycles. The maximum atomic E-state index is 12.3. The van der Waals surface area contributed by atoms with Crippen molar-refractivity contribution in [3.05, 3.63) is 59.9 Å². The average molecular weight is 466 g/mol. The summed E-state index contributed by atoms with van der Waals surface area (Å²) in [7, 11) is 0. The molecule has 0 saturated carbocycles. The van der Waals surface area contributed by atoms with Gasteiger partial charge >= 0.3 is 0 Å². The highest BCUT2D eigenvalue weighted by Crippen LogP contribution is 2.20. The Morgan fingerprint density at radius 2 is 1.94 bits per heavy atom. The van der Waals surface area contributed by atoms with Gasteiger partial charge in [0, 0.05) is 44.6 Å². The lowest BCUT2D eigenvalue weighted by Gasteiger charge is -2.32. The van der Waals surface area contributed by atoms with Crippen LogP contribution in [0.25, 0.3) is 6.08 Å². The van der Waals surface area contributed by atoms with Gasteiger partial charge in [0.25, 0.3) is 5.91 Å². The zero-order chi connectivity index (χ0) is 23.6. The van der Waals surface area contributed by atoms with Crippen LogP contribution in [0.15, 0.2) is 48.8 Å². The number of carbonyl (C=O) groups excluding carboxylic acids is 1. The van der Waals surface area contributed by atoms with Gasteiger partial charge in [-0.3, -0.25) is 4.79 Å². The summed E-state index contributed by atoms with van der Waals surface area (Å²) in [5, 5.41) is 3.63. The van der Waals surface area contributed by atoms with Crippen molar-refractivity contribution in [1.82, 2.24) is 20.8 Å². The molecule has 3 heterocycles. The van der Waals surface area contributed by atoms with Gasteiger partial charge in [-0.2, -0.15) is 0 Å². The highest BCUT2D eigenvalue weighted by Gasteiger charge is 2.22. The Bertz CT molecular complexity index is 908. The highest BCUT2D eigenvalue weighted by atomic mass is 16.8. The number of rotatable bonds is 9. The van der Waals surface area contributed by atoms with Gasteiger partial charge in [-0.05, 0) is 50.6 Å². The molecule has 4 rings (SSSR count). The lowest BCUT2D eigenvalue weighted by molar-refractivity contribution is -0.186. The van der Waals surface area contributed by atoms with Crippen LogP contribution < -0.4 is 15.7 Å². The van der Waals surface area contributed by atoms with Crippen molar-refractivity contribution in [3.8, 4) is 0 Å². The number of piperidine rings is 1. The third-order valence-electron chi connectivity index (χ3n) is 6.32. The van der Waals surface area contributed by atoms with Crippen LogP contribution in [0, 0.1) is 5.92 Å². The number of amides is 1. The third-order valence-corrected chi connectivity index (χ3v) is 6.32. The second-order valence-corrected chi connectivity index (χ2v) is 9.01. The van der Waals surface area contributed by atoms with E-state index >= 15 is 0 Å². The molecule has 2 fully saturated rings. The number of hydrogen-bond acceptors (Lipinski definition) is 7. The molecule has 2 unspecified atom stereocenters. The van der Waals surface area contributed by atoms with Crippen LogP contribution in [-0.4, -0.2) is 54.4 Å². The molecule has 8 heteroatoms. The summed E-state index contributed by atoms with van der Waals surface area (Å²) < 4.78 is 5.45. The quantitative estimate of drug-likeness (QED) is 0.547. The summed E-state index contributed by atoms with van der Waals surface area (Å²) in [6, 6.07) is 10.7. The molecular weight excluding hydrogens is 430 g/mol. The van der Waals surface area contributed by atoms with E-state index in [9.17, 15) is 4.79 Å². The minimum atomic E-state index is -0.378. The zero-order valence-electron chi connectivity index (χ0n) is 19.9. The van der Waals surface area contributed by atoms with Gasteiger partial charge in [-0.25, -0.2) is 20.3 Å². The summed E-state index contributed by atoms with van der Waals surface area (Å²) in [6.07, 6.45) is 12.1. The Morgan fingerprint density at radius 1 is 1.18 bits per heavy atom. The largest absolute Gasteiger partial charge is 0.350 e. The molecule has 0 spiro atoms. The molecule has 1 aromatic heterocycles. The van der Waals surface area contributed by atoms with Gasteiger partial charge in [0.2, 0.25) is 5.95 Å². The SMILES string of the molecule is CC(C=Cc1ccccc1)NCC1CCN(c2ncc(C(=O)NOC3CCCCO3)cn2)CC1. The summed E-state index contributed by atoms with van der Waals surface area (Å²) in [5.74, 6) is 0.938. The molecule has 8 nitrogen and oxygen atoms in total. The Hall–Kier alpha value is -2.81. The first-order chi connectivity index (χ1) is 16.7. The fourth-order valence-electron chi connectivity index (χ4n) is 4.16. The van der Waals surface area contributed by atoms with Crippen LogP contribution in [0.4, 0.5) is 5.95 Å². The van der Waals surface area contributed by atoms with Crippen molar-refractivity contribution in [2.75, 3.05) is 31.1 Å². The zero-order valence-corrected chi connectivity index (χ0v) is 19.9. The van der Waals surface area contributed by atoms with Crippen LogP contribution in [0.3, 0.4) is 0 Å². The highest BCUT2D eigenvalue weighted by molar-refractivity contribution is 5.92. The number of benzene rings is 1. The van der Waals surface area contributed by atoms with Crippen molar-refractivity contribution in [2.45, 2.75) is 51.4 Å². The third kappa shape index (κ3) is 7.35. The number of carbonyl (C=O) groups is 1. The van der Waals surface area contributed by atoms with E-state index in [1.165, 1.54) is 5.56 Å². The predicted molar refractivity (Wildman–Crippen MR) is 132 cm³/mol. The van der Waals surface area contributed by atoms with Gasteiger partial charge in [-0.1, -0.05) is 42.5 Å². The normalized spacial score (nSPS) is 20.4. The molecule has 1 aromatic carbocycles. The number of anilines is 1. The number of hydroxylamine groups is 1. The van der Waals surface area contributed by atoms with Crippen LogP contribution in [0.5, 0.6) is 0 Å². The van der Waals surface area contributed by atoms with E-state index in [2.05, 4.69) is 69.0 Å². The van der Waals surface area contributed by atoms with Crippen molar-refractivity contribution in [2.24, 2.45) is 5.92 Å². The molecule has 2 atom stereocenters. The van der Waals surface area contributed by atoms with Crippen LogP contribution >= 0.6 is 0 Å². The summed E-state index contributed by atoms with van der Waals surface area (Å²) in [6.45, 7) is 5.67. The van der Waals surface area contributed by atoms with Crippen LogP contribution in [-0.2, 0) is 9.57 Å². The van der Waals surface area contributed by atoms with Crippen molar-refractivity contribution in [3.63, 3.8) is 0 Å². The number of ether oxygens (including phenoxy) is 1. The van der Waals surface area contributed by atoms with E-state index in [1.54, 1.807) is 12.4 Å². The van der Waals surface area contributed by atoms with Crippen molar-refractivity contribution < 1.29 is 14.4 Å². The van der Waals surface area contributed by atoms with Crippen molar-refractivity contribution in [1.29, 1.82) is 0 Å². The second kappa shape index (κ2) is 12.6. The lowest BCUT2D eigenvalue weighted by atomic mass is 9.96. The Labute approximate surface area is 201 Å². The fourth-order valence-corrected chi connectivity index (χ4v) is 4.16. The lowest BCUT2D eigenvalue weighted by Crippen LogP contribution is -2.39. The van der Waals surface area contributed by atoms with Gasteiger partial charge in [-0.15, -0.1) is 0 Å². The molecule has 0 aliphatic carbocycles. The van der Waals surface area contributed by atoms with Gasteiger partial charge in [0.05, 0.1) is 5.56 Å². The van der Waals surface area contributed by atoms with E-state index in [4.69, 9.17) is 9.57 Å². The molecule has 1 amide bonds. The Morgan fingerprint density at radius 3 is 2.65 bits per heavy atom. The molecule has 2 N–H and O–H groups in total. The molecule has 2 aliphatic rings. The minimum absolute atomic E-state index is 0.328. The Balaban J connectivity index is 1.16. The second-order valence-electron chi connectivity index (χ2n) is 9.01. The molecular formula is C26H35N5O3. The minimum Gasteiger partial charge on any atom is -0.350 e. The topological polar surface area (TPSA) is 88.6 Å². The molecule has 2 aromatic rings. The monoisotopic (exact) mass is 465 g/mol. The van der Waals surface area contributed by atoms with E-state index in [0.717, 1.165) is 51.7 Å². The predicted octanol–water partition coefficient (Wildman–Crippen LogP) is 3.57.